The van der Waals surface area contributed by atoms with Crippen molar-refractivity contribution in [3.63, 3.8) is 0 Å². The first-order chi connectivity index (χ1) is 22.3. The molecule has 2 unspecified atom stereocenters. The van der Waals surface area contributed by atoms with E-state index in [1.165, 1.54) is 14.3 Å². The monoisotopic (exact) mass is 678 g/mol. The normalized spacial score (nSPS) is 16.3. The molecule has 0 radical (unpaired) electrons. The first-order valence-electron chi connectivity index (χ1n) is 14.7. The Bertz CT molecular complexity index is 2000. The number of carbonyl (C=O) groups is 1. The highest BCUT2D eigenvalue weighted by atomic mass is 35.5. The predicted molar refractivity (Wildman–Crippen MR) is 177 cm³/mol. The molecular formula is C34H31ClN2O7S2. The lowest BCUT2D eigenvalue weighted by molar-refractivity contribution is -0.0249. The number of halogens is 1. The average molecular weight is 679 g/mol. The average Bonchev–Trinajstić information content (AvgIpc) is 3.43. The second-order valence-corrected chi connectivity index (χ2v) is 14.1. The molecule has 1 aliphatic rings. The van der Waals surface area contributed by atoms with Crippen LogP contribution in [0.3, 0.4) is 0 Å². The van der Waals surface area contributed by atoms with Gasteiger partial charge in [0.25, 0.3) is 0 Å². The summed E-state index contributed by atoms with van der Waals surface area (Å²) in [6.45, 7) is 1.83. The summed E-state index contributed by atoms with van der Waals surface area (Å²) >= 11 is 6.35. The minimum absolute atomic E-state index is 0.0129. The van der Waals surface area contributed by atoms with Crippen LogP contribution in [0.15, 0.2) is 113 Å². The van der Waals surface area contributed by atoms with Crippen molar-refractivity contribution in [1.29, 1.82) is 0 Å². The van der Waals surface area contributed by atoms with E-state index >= 15 is 0 Å². The van der Waals surface area contributed by atoms with E-state index in [2.05, 4.69) is 0 Å². The Kier molecular flexibility index (Phi) is 9.57. The van der Waals surface area contributed by atoms with Gasteiger partial charge in [-0.2, -0.15) is 4.31 Å². The lowest BCUT2D eigenvalue weighted by Gasteiger charge is -2.32. The smallest absolute Gasteiger partial charge is 0.357 e. The van der Waals surface area contributed by atoms with Gasteiger partial charge in [-0.1, -0.05) is 72.3 Å². The molecule has 4 aromatic carbocycles. The van der Waals surface area contributed by atoms with Gasteiger partial charge in [-0.05, 0) is 60.5 Å². The van der Waals surface area contributed by atoms with Crippen LogP contribution in [0.1, 0.15) is 17.4 Å². The van der Waals surface area contributed by atoms with Gasteiger partial charge in [0, 0.05) is 23.5 Å². The molecule has 1 aromatic heterocycles. The van der Waals surface area contributed by atoms with Crippen molar-refractivity contribution in [2.24, 2.45) is 0 Å². The summed E-state index contributed by atoms with van der Waals surface area (Å²) < 4.78 is 62.7. The van der Waals surface area contributed by atoms with Gasteiger partial charge in [-0.25, -0.2) is 21.4 Å². The van der Waals surface area contributed by atoms with E-state index in [0.717, 1.165) is 11.1 Å². The summed E-state index contributed by atoms with van der Waals surface area (Å²) in [6, 6.07) is 30.6. The molecule has 0 N–H and O–H groups in total. The van der Waals surface area contributed by atoms with Gasteiger partial charge in [-0.15, -0.1) is 0 Å². The van der Waals surface area contributed by atoms with E-state index in [0.29, 0.717) is 10.6 Å². The number of rotatable bonds is 10. The number of hydrogen-bond donors (Lipinski definition) is 0. The maximum atomic E-state index is 14.5. The van der Waals surface area contributed by atoms with Crippen LogP contribution in [-0.4, -0.2) is 65.9 Å². The first kappa shape index (κ1) is 32.0. The number of morpholine rings is 1. The Labute approximate surface area is 274 Å². The van der Waals surface area contributed by atoms with Crippen molar-refractivity contribution in [3.05, 3.63) is 114 Å². The van der Waals surface area contributed by atoms with Gasteiger partial charge in [0.1, 0.15) is 23.4 Å². The maximum Gasteiger partial charge on any atom is 0.357 e. The van der Waals surface area contributed by atoms with Gasteiger partial charge in [0.05, 0.1) is 23.6 Å². The fourth-order valence-electron chi connectivity index (χ4n) is 5.38. The van der Waals surface area contributed by atoms with Gasteiger partial charge in [0.2, 0.25) is 10.0 Å². The summed E-state index contributed by atoms with van der Waals surface area (Å²) in [5.41, 5.74) is 1.96. The zero-order valence-electron chi connectivity index (χ0n) is 24.9. The molecule has 9 nitrogen and oxygen atoms in total. The van der Waals surface area contributed by atoms with Crippen molar-refractivity contribution in [3.8, 4) is 16.9 Å². The molecule has 238 valence electrons. The van der Waals surface area contributed by atoms with Crippen molar-refractivity contribution in [2.45, 2.75) is 22.8 Å². The van der Waals surface area contributed by atoms with E-state index in [-0.39, 0.29) is 59.4 Å². The number of carbonyl (C=O) groups excluding carboxylic acids is 1. The highest BCUT2D eigenvalue weighted by Gasteiger charge is 2.39. The largest absolute Gasteiger partial charge is 0.491 e. The van der Waals surface area contributed by atoms with Gasteiger partial charge in [0.15, 0.2) is 16.7 Å². The quantitative estimate of drug-likeness (QED) is 0.163. The summed E-state index contributed by atoms with van der Waals surface area (Å²) in [5, 5.41) is 0.421. The molecule has 6 rings (SSSR count). The molecule has 5 aromatic rings. The molecule has 1 saturated heterocycles. The van der Waals surface area contributed by atoms with Crippen LogP contribution in [0.25, 0.3) is 22.0 Å². The van der Waals surface area contributed by atoms with Crippen LogP contribution in [-0.2, 0) is 30.5 Å². The molecule has 0 bridgehead atoms. The van der Waals surface area contributed by atoms with E-state index in [9.17, 15) is 17.4 Å². The van der Waals surface area contributed by atoms with Gasteiger partial charge in [-0.3, -0.25) is 0 Å². The van der Waals surface area contributed by atoms with Gasteiger partial charge < -0.3 is 14.2 Å². The van der Waals surface area contributed by atoms with Crippen LogP contribution >= 0.6 is 11.6 Å². The third kappa shape index (κ3) is 6.47. The molecule has 1 fully saturated rings. The summed E-state index contributed by atoms with van der Waals surface area (Å²) in [7, 11) is -6.35. The Morgan fingerprint density at radius 2 is 1.67 bits per heavy atom. The molecular weight excluding hydrogens is 648 g/mol. The maximum absolute atomic E-state index is 14.5. The number of esters is 1. The third-order valence-corrected chi connectivity index (χ3v) is 11.1. The topological polar surface area (TPSA) is 104 Å². The van der Waals surface area contributed by atoms with Crippen molar-refractivity contribution < 1.29 is 31.6 Å². The minimum atomic E-state index is -4.37. The van der Waals surface area contributed by atoms with Gasteiger partial charge >= 0.3 is 5.97 Å². The number of ether oxygens (including phenoxy) is 3. The molecule has 0 amide bonds. The fraction of sp³-hybridized carbons (Fsp3) is 0.206. The van der Waals surface area contributed by atoms with E-state index < -0.39 is 33.1 Å². The number of aromatic nitrogens is 1. The van der Waals surface area contributed by atoms with Crippen LogP contribution < -0.4 is 4.74 Å². The standard InChI is InChI=1S/C34H31ClN2O7S2/c1-2-42-34(38)32-33(30-21-26(35)16-17-31(30)37(32)45(39)29-14-7-4-8-15-29)46(40,41)36-18-19-43-28(22-36)23-44-27-13-9-12-25(20-27)24-10-5-3-6-11-24/h3-17,20-21,28H,2,18-19,22-23H2,1H3. The molecule has 2 heterocycles. The van der Waals surface area contributed by atoms with Crippen LogP contribution in [0, 0.1) is 0 Å². The Morgan fingerprint density at radius 1 is 0.957 bits per heavy atom. The Hall–Kier alpha value is -4.00. The summed E-state index contributed by atoms with van der Waals surface area (Å²) in [5.74, 6) is -0.292. The molecule has 0 aliphatic carbocycles. The number of sulfonamides is 1. The third-order valence-electron chi connectivity index (χ3n) is 7.50. The van der Waals surface area contributed by atoms with Crippen molar-refractivity contribution in [2.75, 3.05) is 32.9 Å². The highest BCUT2D eigenvalue weighted by molar-refractivity contribution is 7.89. The number of fused-ring (bicyclic) bond motifs is 1. The van der Waals surface area contributed by atoms with Crippen LogP contribution in [0.2, 0.25) is 5.02 Å². The number of benzene rings is 4. The Morgan fingerprint density at radius 3 is 2.41 bits per heavy atom. The lowest BCUT2D eigenvalue weighted by atomic mass is 10.1. The molecule has 2 atom stereocenters. The van der Waals surface area contributed by atoms with E-state index in [1.54, 1.807) is 49.4 Å². The second-order valence-electron chi connectivity index (χ2n) is 10.5. The molecule has 0 saturated carbocycles. The number of nitrogens with zero attached hydrogens (tertiary/aromatic N) is 2. The summed E-state index contributed by atoms with van der Waals surface area (Å²) in [4.78, 5) is 13.6. The second kappa shape index (κ2) is 13.8. The fourth-order valence-corrected chi connectivity index (χ4v) is 8.68. The Balaban J connectivity index is 1.34. The first-order valence-corrected chi connectivity index (χ1v) is 17.6. The van der Waals surface area contributed by atoms with Crippen LogP contribution in [0.5, 0.6) is 5.75 Å². The molecule has 1 aliphatic heterocycles. The van der Waals surface area contributed by atoms with E-state index in [4.69, 9.17) is 25.8 Å². The minimum Gasteiger partial charge on any atom is -0.491 e. The lowest BCUT2D eigenvalue weighted by Crippen LogP contribution is -2.47. The molecule has 0 spiro atoms. The molecule has 12 heteroatoms. The van der Waals surface area contributed by atoms with E-state index in [1.807, 2.05) is 54.6 Å². The highest BCUT2D eigenvalue weighted by Crippen LogP contribution is 2.37. The molecule has 46 heavy (non-hydrogen) atoms. The summed E-state index contributed by atoms with van der Waals surface area (Å²) in [6.07, 6.45) is -0.592. The van der Waals surface area contributed by atoms with Crippen molar-refractivity contribution >= 4 is 49.5 Å². The van der Waals surface area contributed by atoms with Crippen molar-refractivity contribution in [1.82, 2.24) is 8.28 Å². The SMILES string of the molecule is CCOC(=O)c1c(S(=O)(=O)N2CCOC(COc3cccc(-c4ccccc4)c3)C2)c2cc(Cl)ccc2n1S(=O)c1ccccc1. The predicted octanol–water partition coefficient (Wildman–Crippen LogP) is 6.18. The zero-order chi connectivity index (χ0) is 32.3. The number of hydrogen-bond acceptors (Lipinski definition) is 7. The van der Waals surface area contributed by atoms with Crippen LogP contribution in [0.4, 0.5) is 0 Å². The zero-order valence-corrected chi connectivity index (χ0v) is 27.3.